The van der Waals surface area contributed by atoms with Gasteiger partial charge in [-0.1, -0.05) is 6.92 Å². The number of hydrogen-bond donors (Lipinski definition) is 2. The number of aliphatic hydroxyl groups excluding tert-OH is 2. The Hall–Kier alpha value is -0.160. The summed E-state index contributed by atoms with van der Waals surface area (Å²) in [7, 11) is 0. The molecule has 1 aliphatic heterocycles. The van der Waals surface area contributed by atoms with E-state index in [2.05, 4.69) is 0 Å². The number of rotatable bonds is 4. The van der Waals surface area contributed by atoms with E-state index in [-0.39, 0.29) is 18.0 Å². The van der Waals surface area contributed by atoms with E-state index >= 15 is 0 Å². The van der Waals surface area contributed by atoms with Crippen molar-refractivity contribution in [1.29, 1.82) is 0 Å². The molecule has 0 radical (unpaired) electrons. The van der Waals surface area contributed by atoms with Crippen LogP contribution in [0.15, 0.2) is 0 Å². The Kier molecular flexibility index (Phi) is 3.39. The van der Waals surface area contributed by atoms with E-state index in [1.165, 1.54) is 0 Å². The van der Waals surface area contributed by atoms with Gasteiger partial charge in [-0.3, -0.25) is 0 Å². The van der Waals surface area contributed by atoms with Crippen molar-refractivity contribution in [1.82, 2.24) is 0 Å². The first kappa shape index (κ1) is 12.9. The van der Waals surface area contributed by atoms with Crippen LogP contribution in [0.3, 0.4) is 0 Å². The second kappa shape index (κ2) is 4.75. The summed E-state index contributed by atoms with van der Waals surface area (Å²) >= 11 is 0. The Labute approximate surface area is 108 Å². The topological polar surface area (TPSA) is 58.9 Å². The molecule has 1 heterocycles. The molecule has 104 valence electrons. The lowest BCUT2D eigenvalue weighted by Crippen LogP contribution is -2.53. The highest BCUT2D eigenvalue weighted by atomic mass is 16.7. The lowest BCUT2D eigenvalue weighted by Gasteiger charge is -2.49. The van der Waals surface area contributed by atoms with Crippen molar-refractivity contribution in [3.05, 3.63) is 0 Å². The fourth-order valence-corrected chi connectivity index (χ4v) is 4.11. The van der Waals surface area contributed by atoms with Crippen molar-refractivity contribution in [3.8, 4) is 0 Å². The van der Waals surface area contributed by atoms with E-state index in [0.29, 0.717) is 31.0 Å². The first-order valence-electron chi connectivity index (χ1n) is 7.30. The molecular formula is C14H24O4. The molecule has 4 nitrogen and oxygen atoms in total. The van der Waals surface area contributed by atoms with Gasteiger partial charge in [-0.15, -0.1) is 0 Å². The molecule has 1 saturated heterocycles. The first-order chi connectivity index (χ1) is 8.66. The number of fused-ring (bicyclic) bond motifs is 2. The zero-order chi connectivity index (χ0) is 12.8. The third-order valence-electron chi connectivity index (χ3n) is 5.22. The van der Waals surface area contributed by atoms with E-state index in [4.69, 9.17) is 9.47 Å². The summed E-state index contributed by atoms with van der Waals surface area (Å²) in [6.45, 7) is 3.38. The first-order valence-corrected chi connectivity index (χ1v) is 7.30. The smallest absolute Gasteiger partial charge is 0.171 e. The third-order valence-corrected chi connectivity index (χ3v) is 5.22. The molecule has 2 saturated carbocycles. The summed E-state index contributed by atoms with van der Waals surface area (Å²) in [5, 5.41) is 19.9. The van der Waals surface area contributed by atoms with Crippen molar-refractivity contribution >= 4 is 0 Å². The van der Waals surface area contributed by atoms with Gasteiger partial charge in [0.05, 0.1) is 25.4 Å². The van der Waals surface area contributed by atoms with Gasteiger partial charge in [-0.25, -0.2) is 0 Å². The molecule has 5 unspecified atom stereocenters. The molecule has 5 atom stereocenters. The predicted octanol–water partition coefficient (Wildman–Crippen LogP) is 1.30. The van der Waals surface area contributed by atoms with E-state index in [9.17, 15) is 10.2 Å². The fraction of sp³-hybridized carbons (Fsp3) is 1.00. The summed E-state index contributed by atoms with van der Waals surface area (Å²) in [5.41, 5.74) is 0. The van der Waals surface area contributed by atoms with Gasteiger partial charge in [0.1, 0.15) is 0 Å². The normalized spacial score (nSPS) is 42.8. The Balaban J connectivity index is 1.58. The maximum absolute atomic E-state index is 10.2. The van der Waals surface area contributed by atoms with E-state index < -0.39 is 0 Å². The Bertz CT molecular complexity index is 300. The van der Waals surface area contributed by atoms with Gasteiger partial charge < -0.3 is 19.7 Å². The van der Waals surface area contributed by atoms with Crippen molar-refractivity contribution in [2.45, 2.75) is 57.0 Å². The van der Waals surface area contributed by atoms with Gasteiger partial charge in [0.2, 0.25) is 0 Å². The van der Waals surface area contributed by atoms with Gasteiger partial charge in [0.25, 0.3) is 0 Å². The van der Waals surface area contributed by atoms with Crippen LogP contribution in [0.25, 0.3) is 0 Å². The Morgan fingerprint density at radius 3 is 2.72 bits per heavy atom. The van der Waals surface area contributed by atoms with Gasteiger partial charge in [-0.2, -0.15) is 0 Å². The second-order valence-electron chi connectivity index (χ2n) is 6.09. The molecule has 18 heavy (non-hydrogen) atoms. The summed E-state index contributed by atoms with van der Waals surface area (Å²) in [4.78, 5) is 0. The van der Waals surface area contributed by atoms with Crippen LogP contribution in [0.1, 0.15) is 39.0 Å². The van der Waals surface area contributed by atoms with Crippen LogP contribution in [0.2, 0.25) is 0 Å². The zero-order valence-electron chi connectivity index (χ0n) is 11.0. The minimum Gasteiger partial charge on any atom is -0.393 e. The largest absolute Gasteiger partial charge is 0.393 e. The minimum absolute atomic E-state index is 0.218. The molecule has 4 heteroatoms. The minimum atomic E-state index is -0.357. The SMILES string of the molecule is CCC(O)CCC1C(O)CC2C1CC21OCCO1. The molecule has 3 aliphatic rings. The van der Waals surface area contributed by atoms with Gasteiger partial charge >= 0.3 is 0 Å². The maximum Gasteiger partial charge on any atom is 0.171 e. The third kappa shape index (κ3) is 1.90. The molecule has 0 amide bonds. The molecule has 0 aromatic rings. The monoisotopic (exact) mass is 256 g/mol. The molecular weight excluding hydrogens is 232 g/mol. The molecule has 2 aliphatic carbocycles. The van der Waals surface area contributed by atoms with Crippen LogP contribution in [-0.2, 0) is 9.47 Å². The maximum atomic E-state index is 10.2. The molecule has 3 fully saturated rings. The van der Waals surface area contributed by atoms with Crippen LogP contribution < -0.4 is 0 Å². The van der Waals surface area contributed by atoms with Crippen molar-refractivity contribution in [2.24, 2.45) is 17.8 Å². The molecule has 3 rings (SSSR count). The second-order valence-corrected chi connectivity index (χ2v) is 6.09. The van der Waals surface area contributed by atoms with E-state index in [1.54, 1.807) is 0 Å². The summed E-state index contributed by atoms with van der Waals surface area (Å²) in [6.07, 6.45) is 3.80. The van der Waals surface area contributed by atoms with Crippen molar-refractivity contribution in [3.63, 3.8) is 0 Å². The molecule has 0 bridgehead atoms. The average molecular weight is 256 g/mol. The lowest BCUT2D eigenvalue weighted by molar-refractivity contribution is -0.272. The lowest BCUT2D eigenvalue weighted by atomic mass is 9.66. The fourth-order valence-electron chi connectivity index (χ4n) is 4.11. The summed E-state index contributed by atoms with van der Waals surface area (Å²) in [6, 6.07) is 0. The molecule has 0 aromatic heterocycles. The number of hydrogen-bond acceptors (Lipinski definition) is 4. The van der Waals surface area contributed by atoms with E-state index in [1.807, 2.05) is 6.92 Å². The number of ether oxygens (including phenoxy) is 2. The van der Waals surface area contributed by atoms with Crippen LogP contribution in [0.4, 0.5) is 0 Å². The zero-order valence-corrected chi connectivity index (χ0v) is 11.0. The Morgan fingerprint density at radius 1 is 1.33 bits per heavy atom. The van der Waals surface area contributed by atoms with Gasteiger partial charge in [0, 0.05) is 12.3 Å². The van der Waals surface area contributed by atoms with Gasteiger partial charge in [0.15, 0.2) is 5.79 Å². The van der Waals surface area contributed by atoms with Crippen LogP contribution in [0, 0.1) is 17.8 Å². The molecule has 1 spiro atoms. The summed E-state index contributed by atoms with van der Waals surface area (Å²) < 4.78 is 11.5. The van der Waals surface area contributed by atoms with Crippen molar-refractivity contribution in [2.75, 3.05) is 13.2 Å². The number of aliphatic hydroxyl groups is 2. The van der Waals surface area contributed by atoms with Crippen molar-refractivity contribution < 1.29 is 19.7 Å². The standard InChI is InChI=1S/C14H24O4/c1-2-9(15)3-4-10-11-8-14(17-5-6-18-14)12(11)7-13(10)16/h9-13,15-16H,2-8H2,1H3. The highest BCUT2D eigenvalue weighted by molar-refractivity contribution is 5.08. The molecule has 2 N–H and O–H groups in total. The van der Waals surface area contributed by atoms with Crippen LogP contribution >= 0.6 is 0 Å². The highest BCUT2D eigenvalue weighted by Crippen LogP contribution is 2.60. The van der Waals surface area contributed by atoms with Crippen LogP contribution in [0.5, 0.6) is 0 Å². The van der Waals surface area contributed by atoms with Crippen LogP contribution in [-0.4, -0.2) is 41.4 Å². The predicted molar refractivity (Wildman–Crippen MR) is 65.9 cm³/mol. The molecule has 0 aromatic carbocycles. The summed E-state index contributed by atoms with van der Waals surface area (Å²) in [5.74, 6) is 0.875. The quantitative estimate of drug-likeness (QED) is 0.796. The highest BCUT2D eigenvalue weighted by Gasteiger charge is 2.64. The van der Waals surface area contributed by atoms with E-state index in [0.717, 1.165) is 32.1 Å². The average Bonchev–Trinajstić information content (AvgIpc) is 2.93. The van der Waals surface area contributed by atoms with Gasteiger partial charge in [-0.05, 0) is 37.5 Å². The Morgan fingerprint density at radius 2 is 2.06 bits per heavy atom.